The molecule has 0 aromatic heterocycles. The van der Waals surface area contributed by atoms with Crippen molar-refractivity contribution in [2.75, 3.05) is 10.7 Å². The summed E-state index contributed by atoms with van der Waals surface area (Å²) in [7, 11) is 0. The van der Waals surface area contributed by atoms with Crippen molar-refractivity contribution in [2.45, 2.75) is 58.9 Å². The zero-order valence-electron chi connectivity index (χ0n) is 26.2. The highest BCUT2D eigenvalue weighted by molar-refractivity contribution is 8.14. The Kier molecular flexibility index (Phi) is 12.9. The molecule has 3 N–H and O–H groups in total. The van der Waals surface area contributed by atoms with Gasteiger partial charge in [-0.2, -0.15) is 4.99 Å². The lowest BCUT2D eigenvalue weighted by Crippen LogP contribution is -2.36. The van der Waals surface area contributed by atoms with E-state index < -0.39 is 12.4 Å². The van der Waals surface area contributed by atoms with Crippen molar-refractivity contribution in [3.63, 3.8) is 0 Å². The average Bonchev–Trinajstić information content (AvgIpc) is 3.01. The largest absolute Gasteiger partial charge is 0.573 e. The number of amides is 3. The average molecular weight is 655 g/mol. The van der Waals surface area contributed by atoms with Gasteiger partial charge in [-0.05, 0) is 60.1 Å². The van der Waals surface area contributed by atoms with Crippen LogP contribution in [-0.2, 0) is 4.79 Å². The number of rotatable bonds is 11. The third-order valence-corrected chi connectivity index (χ3v) is 7.74. The maximum absolute atomic E-state index is 13.0. The molecule has 0 aliphatic heterocycles. The van der Waals surface area contributed by atoms with Crippen LogP contribution in [0.1, 0.15) is 63.1 Å². The van der Waals surface area contributed by atoms with Gasteiger partial charge in [0, 0.05) is 17.5 Å². The lowest BCUT2D eigenvalue weighted by molar-refractivity contribution is -0.274. The van der Waals surface area contributed by atoms with Crippen molar-refractivity contribution in [3.05, 3.63) is 89.5 Å². The first-order valence-electron chi connectivity index (χ1n) is 14.5. The number of amidine groups is 2. The Morgan fingerprint density at radius 3 is 2.26 bits per heavy atom. The Labute approximate surface area is 270 Å². The van der Waals surface area contributed by atoms with Crippen LogP contribution < -0.4 is 20.7 Å². The Hall–Kier alpha value is -4.65. The molecule has 0 heterocycles. The summed E-state index contributed by atoms with van der Waals surface area (Å²) in [4.78, 5) is 39.1. The fourth-order valence-corrected chi connectivity index (χ4v) is 5.02. The van der Waals surface area contributed by atoms with Gasteiger partial charge in [-0.15, -0.1) is 13.2 Å². The number of ether oxygens (including phenoxy) is 1. The van der Waals surface area contributed by atoms with Crippen molar-refractivity contribution in [3.8, 4) is 5.75 Å². The number of hydrogen-bond donors (Lipinski definition) is 2. The number of anilines is 1. The van der Waals surface area contributed by atoms with Gasteiger partial charge in [-0.25, -0.2) is 14.8 Å². The highest BCUT2D eigenvalue weighted by Gasteiger charge is 2.31. The predicted molar refractivity (Wildman–Crippen MR) is 179 cm³/mol. The van der Waals surface area contributed by atoms with Gasteiger partial charge in [0.15, 0.2) is 5.17 Å². The number of nitrogens with one attached hydrogen (secondary N) is 1. The summed E-state index contributed by atoms with van der Waals surface area (Å²) < 4.78 is 40.8. The number of hydrogen-bond acceptors (Lipinski definition) is 5. The van der Waals surface area contributed by atoms with Gasteiger partial charge in [0.05, 0.1) is 11.4 Å². The first kappa shape index (κ1) is 35.8. The molecule has 46 heavy (non-hydrogen) atoms. The number of halogens is 3. The second-order valence-corrected chi connectivity index (χ2v) is 11.7. The van der Waals surface area contributed by atoms with Crippen LogP contribution in [0.2, 0.25) is 0 Å². The summed E-state index contributed by atoms with van der Waals surface area (Å²) in [6, 6.07) is 19.0. The van der Waals surface area contributed by atoms with E-state index >= 15 is 0 Å². The molecule has 3 rings (SSSR count). The molecule has 2 unspecified atom stereocenters. The molecule has 0 bridgehead atoms. The van der Waals surface area contributed by atoms with Crippen molar-refractivity contribution >= 4 is 52.9 Å². The predicted octanol–water partition coefficient (Wildman–Crippen LogP) is 7.75. The zero-order valence-corrected chi connectivity index (χ0v) is 27.0. The Balaban J connectivity index is 1.66. The van der Waals surface area contributed by atoms with Crippen LogP contribution in [0.3, 0.4) is 0 Å². The third-order valence-electron chi connectivity index (χ3n) is 6.91. The van der Waals surface area contributed by atoms with Crippen LogP contribution in [0.15, 0.2) is 87.8 Å². The molecule has 2 atom stereocenters. The third kappa shape index (κ3) is 10.5. The number of carbonyl (C=O) groups is 2. The maximum atomic E-state index is 13.0. The molecule has 0 aliphatic carbocycles. The van der Waals surface area contributed by atoms with E-state index in [-0.39, 0.29) is 34.6 Å². The van der Waals surface area contributed by atoms with E-state index in [2.05, 4.69) is 25.0 Å². The molecule has 0 aliphatic rings. The monoisotopic (exact) mass is 654 g/mol. The zero-order chi connectivity index (χ0) is 33.9. The summed E-state index contributed by atoms with van der Waals surface area (Å²) in [5, 5.41) is 3.21. The van der Waals surface area contributed by atoms with Crippen LogP contribution in [0.4, 0.5) is 29.3 Å². The molecule has 3 aromatic carbocycles. The lowest BCUT2D eigenvalue weighted by Gasteiger charge is -2.24. The van der Waals surface area contributed by atoms with Crippen molar-refractivity contribution in [2.24, 2.45) is 20.7 Å². The fraction of sp³-hybridized carbons (Fsp3) is 0.303. The first-order chi connectivity index (χ1) is 21.8. The molecule has 3 amide bonds. The van der Waals surface area contributed by atoms with E-state index in [4.69, 9.17) is 5.73 Å². The van der Waals surface area contributed by atoms with Crippen LogP contribution >= 0.6 is 11.8 Å². The van der Waals surface area contributed by atoms with Crippen LogP contribution in [0, 0.1) is 0 Å². The first-order valence-corrected chi connectivity index (χ1v) is 15.5. The number of aliphatic imine (C=N–C) groups is 3. The minimum Gasteiger partial charge on any atom is -0.406 e. The molecular formula is C33H37F3N6O3S. The standard InChI is InChI=1S/C33H37F3N6O3S/c1-6-46-32(42(20-43)29-10-8-7-9-28(29)21(2)3)41-31(44)40-23(5)22(4)24-11-13-25(14-12-24)30(37)39-19-38-26-15-17-27(18-16-26)45-33(34,35)36/h7-23H,6H2,1-5H3,(H,40,44)(H2,37,38,39). The van der Waals surface area contributed by atoms with Gasteiger partial charge in [0.1, 0.15) is 17.9 Å². The van der Waals surface area contributed by atoms with Gasteiger partial charge in [0.2, 0.25) is 6.41 Å². The molecule has 9 nitrogen and oxygen atoms in total. The maximum Gasteiger partial charge on any atom is 0.573 e. The van der Waals surface area contributed by atoms with Gasteiger partial charge in [-0.1, -0.05) is 81.9 Å². The number of para-hydroxylation sites is 1. The Morgan fingerprint density at radius 2 is 1.67 bits per heavy atom. The molecule has 244 valence electrons. The van der Waals surface area contributed by atoms with E-state index in [1.165, 1.54) is 35.1 Å². The Morgan fingerprint density at radius 1 is 1.02 bits per heavy atom. The fourth-order valence-electron chi connectivity index (χ4n) is 4.34. The molecule has 0 spiro atoms. The summed E-state index contributed by atoms with van der Waals surface area (Å²) in [6.45, 7) is 9.84. The second-order valence-electron chi connectivity index (χ2n) is 10.5. The minimum absolute atomic E-state index is 0.0941. The number of alkyl halides is 3. The quantitative estimate of drug-likeness (QED) is 0.124. The van der Waals surface area contributed by atoms with Crippen LogP contribution in [0.5, 0.6) is 5.75 Å². The summed E-state index contributed by atoms with van der Waals surface area (Å²) >= 11 is 1.30. The van der Waals surface area contributed by atoms with Crippen molar-refractivity contribution < 1.29 is 27.5 Å². The highest BCUT2D eigenvalue weighted by Crippen LogP contribution is 2.29. The van der Waals surface area contributed by atoms with Crippen LogP contribution in [-0.4, -0.2) is 47.9 Å². The van der Waals surface area contributed by atoms with Gasteiger partial charge in [-0.3, -0.25) is 9.69 Å². The molecule has 0 radical (unpaired) electrons. The van der Waals surface area contributed by atoms with E-state index in [9.17, 15) is 22.8 Å². The van der Waals surface area contributed by atoms with Gasteiger partial charge >= 0.3 is 12.4 Å². The second kappa shape index (κ2) is 16.6. The number of nitrogens with two attached hydrogens (primary N) is 1. The topological polar surface area (TPSA) is 122 Å². The van der Waals surface area contributed by atoms with E-state index in [0.717, 1.165) is 23.3 Å². The normalized spacial score (nSPS) is 13.8. The lowest BCUT2D eigenvalue weighted by atomic mass is 9.93. The smallest absolute Gasteiger partial charge is 0.406 e. The van der Waals surface area contributed by atoms with Crippen molar-refractivity contribution in [1.82, 2.24) is 5.32 Å². The van der Waals surface area contributed by atoms with Crippen LogP contribution in [0.25, 0.3) is 0 Å². The number of benzene rings is 3. The molecule has 0 saturated heterocycles. The molecular weight excluding hydrogens is 617 g/mol. The molecule has 0 fully saturated rings. The van der Waals surface area contributed by atoms with E-state index in [0.29, 0.717) is 29.1 Å². The van der Waals surface area contributed by atoms with E-state index in [1.54, 1.807) is 12.1 Å². The number of urea groups is 1. The summed E-state index contributed by atoms with van der Waals surface area (Å²) in [5.74, 6) is 0.529. The summed E-state index contributed by atoms with van der Waals surface area (Å²) in [6.07, 6.45) is -2.88. The van der Waals surface area contributed by atoms with E-state index in [1.807, 2.05) is 71.0 Å². The molecule has 3 aromatic rings. The highest BCUT2D eigenvalue weighted by atomic mass is 32.2. The summed E-state index contributed by atoms with van der Waals surface area (Å²) in [5.41, 5.74) is 9.68. The van der Waals surface area contributed by atoms with Gasteiger partial charge < -0.3 is 15.8 Å². The Bertz CT molecular complexity index is 1560. The van der Waals surface area contributed by atoms with Crippen molar-refractivity contribution in [1.29, 1.82) is 0 Å². The minimum atomic E-state index is -4.77. The molecule has 0 saturated carbocycles. The number of thioether (sulfide) groups is 1. The molecule has 13 heteroatoms. The number of carbonyl (C=O) groups excluding carboxylic acids is 2. The SMILES string of the molecule is CCSC(=NC(=O)NC(C)C(C)c1ccc(C(N)=NC=Nc2ccc(OC(F)(F)F)cc2)cc1)N(C=O)c1ccccc1C(C)C. The van der Waals surface area contributed by atoms with Gasteiger partial charge in [0.25, 0.3) is 0 Å². The number of nitrogens with zero attached hydrogens (tertiary/aromatic N) is 4.